The van der Waals surface area contributed by atoms with E-state index >= 15 is 0 Å². The van der Waals surface area contributed by atoms with Gasteiger partial charge in [0.2, 0.25) is 0 Å². The van der Waals surface area contributed by atoms with Gasteiger partial charge in [-0.05, 0) is 31.2 Å². The van der Waals surface area contributed by atoms with Gasteiger partial charge in [-0.3, -0.25) is 9.48 Å². The van der Waals surface area contributed by atoms with Crippen molar-refractivity contribution in [2.24, 2.45) is 13.0 Å². The second-order valence-electron chi connectivity index (χ2n) is 4.27. The van der Waals surface area contributed by atoms with Crippen LogP contribution in [0.4, 0.5) is 0 Å². The van der Waals surface area contributed by atoms with Crippen LogP contribution in [0.3, 0.4) is 0 Å². The highest BCUT2D eigenvalue weighted by atomic mass is 16.3. The summed E-state index contributed by atoms with van der Waals surface area (Å²) in [6.07, 6.45) is 4.54. The summed E-state index contributed by atoms with van der Waals surface area (Å²) in [5.74, 6) is 0.440. The van der Waals surface area contributed by atoms with Crippen molar-refractivity contribution < 1.29 is 9.90 Å². The Morgan fingerprint density at radius 2 is 2.50 bits per heavy atom. The molecule has 1 saturated carbocycles. The van der Waals surface area contributed by atoms with Gasteiger partial charge in [-0.2, -0.15) is 5.10 Å². The number of carbonyl (C=O) groups is 1. The molecule has 1 atom stereocenters. The van der Waals surface area contributed by atoms with Crippen molar-refractivity contribution in [3.63, 3.8) is 0 Å². The highest BCUT2D eigenvalue weighted by Gasteiger charge is 2.32. The smallest absolute Gasteiger partial charge is 0.269 e. The topological polar surface area (TPSA) is 67.2 Å². The average Bonchev–Trinajstić information content (AvgIpc) is 3.00. The second-order valence-corrected chi connectivity index (χ2v) is 4.27. The van der Waals surface area contributed by atoms with Gasteiger partial charge in [0.25, 0.3) is 5.91 Å². The zero-order valence-corrected chi connectivity index (χ0v) is 9.39. The molecule has 16 heavy (non-hydrogen) atoms. The van der Waals surface area contributed by atoms with Crippen molar-refractivity contribution in [1.82, 2.24) is 15.1 Å². The fourth-order valence-corrected chi connectivity index (χ4v) is 1.90. The molecule has 0 spiro atoms. The fourth-order valence-electron chi connectivity index (χ4n) is 1.90. The van der Waals surface area contributed by atoms with Crippen molar-refractivity contribution >= 4 is 5.91 Å². The summed E-state index contributed by atoms with van der Waals surface area (Å²) in [4.78, 5) is 11.9. The lowest BCUT2D eigenvalue weighted by Gasteiger charge is -2.16. The lowest BCUT2D eigenvalue weighted by molar-refractivity contribution is 0.0914. The molecular weight excluding hydrogens is 206 g/mol. The summed E-state index contributed by atoms with van der Waals surface area (Å²) in [6.45, 7) is 0.118. The number of carbonyl (C=O) groups excluding carboxylic acids is 1. The maximum atomic E-state index is 11.9. The Bertz CT molecular complexity index is 371. The first kappa shape index (κ1) is 11.1. The Hall–Kier alpha value is -1.36. The number of aliphatic hydroxyl groups is 1. The molecule has 88 valence electrons. The molecule has 2 N–H and O–H groups in total. The quantitative estimate of drug-likeness (QED) is 0.755. The Morgan fingerprint density at radius 3 is 3.00 bits per heavy atom. The van der Waals surface area contributed by atoms with Gasteiger partial charge in [0.15, 0.2) is 0 Å². The normalized spacial score (nSPS) is 17.1. The average molecular weight is 223 g/mol. The number of aromatic nitrogens is 2. The largest absolute Gasteiger partial charge is 0.396 e. The molecule has 2 rings (SSSR count). The van der Waals surface area contributed by atoms with E-state index in [0.29, 0.717) is 18.0 Å². The molecule has 1 fully saturated rings. The van der Waals surface area contributed by atoms with E-state index in [4.69, 9.17) is 5.11 Å². The van der Waals surface area contributed by atoms with Crippen molar-refractivity contribution in [3.05, 3.63) is 18.0 Å². The van der Waals surface area contributed by atoms with E-state index in [9.17, 15) is 4.79 Å². The molecule has 1 aliphatic rings. The molecule has 0 bridgehead atoms. The molecule has 0 aliphatic heterocycles. The predicted molar refractivity (Wildman–Crippen MR) is 58.9 cm³/mol. The highest BCUT2D eigenvalue weighted by Crippen LogP contribution is 2.33. The monoisotopic (exact) mass is 223 g/mol. The van der Waals surface area contributed by atoms with E-state index in [0.717, 1.165) is 12.8 Å². The minimum absolute atomic E-state index is 0.104. The van der Waals surface area contributed by atoms with E-state index in [1.807, 2.05) is 0 Å². The summed E-state index contributed by atoms with van der Waals surface area (Å²) in [6, 6.07) is 1.80. The van der Waals surface area contributed by atoms with Crippen LogP contribution in [0.2, 0.25) is 0 Å². The summed E-state index contributed by atoms with van der Waals surface area (Å²) >= 11 is 0. The Morgan fingerprint density at radius 1 is 1.75 bits per heavy atom. The van der Waals surface area contributed by atoms with Gasteiger partial charge in [0, 0.05) is 25.9 Å². The summed E-state index contributed by atoms with van der Waals surface area (Å²) in [5, 5.41) is 15.9. The third-order valence-electron chi connectivity index (χ3n) is 3.00. The minimum Gasteiger partial charge on any atom is -0.396 e. The van der Waals surface area contributed by atoms with Crippen LogP contribution in [-0.2, 0) is 7.05 Å². The minimum atomic E-state index is -0.106. The van der Waals surface area contributed by atoms with Gasteiger partial charge in [-0.15, -0.1) is 0 Å². The summed E-state index contributed by atoms with van der Waals surface area (Å²) < 4.78 is 1.55. The van der Waals surface area contributed by atoms with Gasteiger partial charge in [-0.1, -0.05) is 0 Å². The number of hydrogen-bond acceptors (Lipinski definition) is 3. The van der Waals surface area contributed by atoms with Crippen LogP contribution in [0.5, 0.6) is 0 Å². The predicted octanol–water partition coefficient (Wildman–Crippen LogP) is 0.311. The SMILES string of the molecule is Cn1nccc1C(=O)NC(CCO)C1CC1. The first-order valence-corrected chi connectivity index (χ1v) is 5.62. The standard InChI is InChI=1S/C11H17N3O2/c1-14-10(4-6-12-14)11(16)13-9(5-7-15)8-2-3-8/h4,6,8-9,15H,2-3,5,7H2,1H3,(H,13,16). The van der Waals surface area contributed by atoms with Crippen molar-refractivity contribution in [2.45, 2.75) is 25.3 Å². The third-order valence-corrected chi connectivity index (χ3v) is 3.00. The molecule has 1 heterocycles. The maximum Gasteiger partial charge on any atom is 0.269 e. The number of nitrogens with zero attached hydrogens (tertiary/aromatic N) is 2. The Balaban J connectivity index is 1.97. The molecule has 1 aromatic heterocycles. The number of rotatable bonds is 5. The Kier molecular flexibility index (Phi) is 3.24. The molecule has 1 aromatic rings. The highest BCUT2D eigenvalue weighted by molar-refractivity contribution is 5.92. The van der Waals surface area contributed by atoms with Gasteiger partial charge in [0.05, 0.1) is 0 Å². The van der Waals surface area contributed by atoms with Gasteiger partial charge < -0.3 is 10.4 Å². The van der Waals surface area contributed by atoms with Gasteiger partial charge >= 0.3 is 0 Å². The number of hydrogen-bond donors (Lipinski definition) is 2. The van der Waals surface area contributed by atoms with Crippen molar-refractivity contribution in [2.75, 3.05) is 6.61 Å². The van der Waals surface area contributed by atoms with Crippen molar-refractivity contribution in [1.29, 1.82) is 0 Å². The van der Waals surface area contributed by atoms with E-state index < -0.39 is 0 Å². The molecule has 5 heteroatoms. The van der Waals surface area contributed by atoms with Crippen LogP contribution in [0.15, 0.2) is 12.3 Å². The van der Waals surface area contributed by atoms with Crippen LogP contribution in [-0.4, -0.2) is 33.4 Å². The third kappa shape index (κ3) is 2.41. The second kappa shape index (κ2) is 4.65. The van der Waals surface area contributed by atoms with Gasteiger partial charge in [-0.25, -0.2) is 0 Å². The first-order valence-electron chi connectivity index (χ1n) is 5.62. The van der Waals surface area contributed by atoms with E-state index in [-0.39, 0.29) is 18.6 Å². The van der Waals surface area contributed by atoms with E-state index in [1.54, 1.807) is 24.0 Å². The van der Waals surface area contributed by atoms with Crippen LogP contribution >= 0.6 is 0 Å². The molecule has 0 radical (unpaired) electrons. The van der Waals surface area contributed by atoms with Gasteiger partial charge in [0.1, 0.15) is 5.69 Å². The first-order chi connectivity index (χ1) is 7.72. The number of aliphatic hydroxyl groups excluding tert-OH is 1. The molecule has 0 aromatic carbocycles. The molecule has 1 aliphatic carbocycles. The van der Waals surface area contributed by atoms with Crippen molar-refractivity contribution in [3.8, 4) is 0 Å². The molecular formula is C11H17N3O2. The van der Waals surface area contributed by atoms with E-state index in [1.165, 1.54) is 0 Å². The van der Waals surface area contributed by atoms with Crippen LogP contribution in [0, 0.1) is 5.92 Å². The molecule has 5 nitrogen and oxygen atoms in total. The zero-order chi connectivity index (χ0) is 11.5. The van der Waals surface area contributed by atoms with E-state index in [2.05, 4.69) is 10.4 Å². The molecule has 1 amide bonds. The number of amides is 1. The lowest BCUT2D eigenvalue weighted by Crippen LogP contribution is -2.38. The van der Waals surface area contributed by atoms with Crippen LogP contribution in [0.25, 0.3) is 0 Å². The molecule has 0 saturated heterocycles. The van der Waals surface area contributed by atoms with Crippen LogP contribution in [0.1, 0.15) is 29.8 Å². The maximum absolute atomic E-state index is 11.9. The molecule has 1 unspecified atom stereocenters. The number of nitrogens with one attached hydrogen (secondary N) is 1. The summed E-state index contributed by atoms with van der Waals surface area (Å²) in [5.41, 5.74) is 0.559. The van der Waals surface area contributed by atoms with Crippen LogP contribution < -0.4 is 5.32 Å². The zero-order valence-electron chi connectivity index (χ0n) is 9.39. The lowest BCUT2D eigenvalue weighted by atomic mass is 10.1. The summed E-state index contributed by atoms with van der Waals surface area (Å²) in [7, 11) is 1.74. The fraction of sp³-hybridized carbons (Fsp3) is 0.636. The Labute approximate surface area is 94.5 Å². The number of aryl methyl sites for hydroxylation is 1.